The average molecular weight is 482 g/mol. The van der Waals surface area contributed by atoms with Crippen molar-refractivity contribution < 1.29 is 38.3 Å². The lowest BCUT2D eigenvalue weighted by Crippen LogP contribution is -2.29. The molecule has 1 aromatic carbocycles. The van der Waals surface area contributed by atoms with Crippen molar-refractivity contribution in [3.8, 4) is 0 Å². The molecular formula is C21H27N2O9P. The zero-order chi connectivity index (χ0) is 24.8. The van der Waals surface area contributed by atoms with Gasteiger partial charge in [-0.15, -0.1) is 0 Å². The molecule has 0 amide bonds. The number of nitrogens with one attached hydrogen (secondary N) is 1. The minimum absolute atomic E-state index is 0.00755. The fraction of sp³-hybridized carbons (Fsp3) is 0.429. The molecular weight excluding hydrogens is 455 g/mol. The number of rotatable bonds is 11. The summed E-state index contributed by atoms with van der Waals surface area (Å²) in [5, 5.41) is 22.8. The summed E-state index contributed by atoms with van der Waals surface area (Å²) >= 11 is 0. The minimum atomic E-state index is -4.48. The first-order valence-corrected chi connectivity index (χ1v) is 11.8. The van der Waals surface area contributed by atoms with Crippen LogP contribution < -0.4 is 5.32 Å². The van der Waals surface area contributed by atoms with Crippen LogP contribution in [0.4, 0.5) is 5.69 Å². The fourth-order valence-corrected chi connectivity index (χ4v) is 5.29. The Morgan fingerprint density at radius 3 is 2.52 bits per heavy atom. The predicted molar refractivity (Wildman–Crippen MR) is 118 cm³/mol. The first-order valence-electron chi connectivity index (χ1n) is 10.2. The summed E-state index contributed by atoms with van der Waals surface area (Å²) in [7, 11) is -3.31. The monoisotopic (exact) mass is 482 g/mol. The van der Waals surface area contributed by atoms with Crippen molar-refractivity contribution in [3.63, 3.8) is 0 Å². The number of methoxy groups -OCH3 is 1. The van der Waals surface area contributed by atoms with E-state index < -0.39 is 30.4 Å². The molecule has 2 atom stereocenters. The van der Waals surface area contributed by atoms with Gasteiger partial charge in [0.1, 0.15) is 0 Å². The molecule has 2 unspecified atom stereocenters. The summed E-state index contributed by atoms with van der Waals surface area (Å²) in [5.41, 5.74) is 0.732. The molecule has 11 nitrogen and oxygen atoms in total. The zero-order valence-corrected chi connectivity index (χ0v) is 19.5. The summed E-state index contributed by atoms with van der Waals surface area (Å²) in [6, 6.07) is 5.48. The number of esters is 1. The molecule has 0 aromatic heterocycles. The average Bonchev–Trinajstić information content (AvgIpc) is 2.74. The number of ether oxygens (including phenoxy) is 1. The first kappa shape index (κ1) is 26.2. The molecule has 0 fully saturated rings. The maximum Gasteiger partial charge on any atom is 0.357 e. The number of non-ortho nitro benzene ring substituents is 1. The van der Waals surface area contributed by atoms with Crippen LogP contribution in [0, 0.1) is 10.1 Å². The third-order valence-electron chi connectivity index (χ3n) is 5.15. The van der Waals surface area contributed by atoms with Crippen LogP contribution in [0.2, 0.25) is 0 Å². The number of hydrogen-bond acceptors (Lipinski definition) is 8. The molecule has 0 saturated heterocycles. The Balaban J connectivity index is 2.43. The normalized spacial score (nSPS) is 17.9. The Hall–Kier alpha value is -3.01. The quantitative estimate of drug-likeness (QED) is 0.139. The van der Waals surface area contributed by atoms with Crippen LogP contribution in [0.1, 0.15) is 51.0 Å². The summed E-state index contributed by atoms with van der Waals surface area (Å²) in [5.74, 6) is -2.79. The second-order valence-electron chi connectivity index (χ2n) is 7.51. The van der Waals surface area contributed by atoms with Gasteiger partial charge in [-0.3, -0.25) is 19.5 Å². The van der Waals surface area contributed by atoms with Crippen molar-refractivity contribution in [1.82, 2.24) is 5.32 Å². The van der Waals surface area contributed by atoms with Crippen LogP contribution >= 0.6 is 7.60 Å². The van der Waals surface area contributed by atoms with E-state index in [9.17, 15) is 29.2 Å². The molecule has 12 heteroatoms. The molecule has 3 N–H and O–H groups in total. The Bertz CT molecular complexity index is 1050. The van der Waals surface area contributed by atoms with Gasteiger partial charge in [0, 0.05) is 29.9 Å². The summed E-state index contributed by atoms with van der Waals surface area (Å²) in [6.07, 6.45) is 1.25. The standard InChI is InChI=1S/C21H27N2O9P/c1-13-18(21(26)31-3)19(15-8-7-9-16(12-15)23(27)28)20(14(2)22-13)33(29,30)32-11-6-4-5-10-17(24)25/h7-9,12,19,22H,4-6,10-11H2,1-3H3,(H,24,25)(H,29,30). The lowest BCUT2D eigenvalue weighted by Gasteiger charge is -2.32. The van der Waals surface area contributed by atoms with Crippen LogP contribution in [-0.4, -0.2) is 40.6 Å². The number of aliphatic carboxylic acids is 1. The lowest BCUT2D eigenvalue weighted by molar-refractivity contribution is -0.384. The number of carbonyl (C=O) groups is 2. The van der Waals surface area contributed by atoms with E-state index in [0.29, 0.717) is 25.0 Å². The van der Waals surface area contributed by atoms with E-state index in [0.717, 1.165) is 0 Å². The van der Waals surface area contributed by atoms with Crippen molar-refractivity contribution in [2.45, 2.75) is 45.4 Å². The number of nitro benzene ring substituents is 1. The third-order valence-corrected chi connectivity index (χ3v) is 6.89. The van der Waals surface area contributed by atoms with Crippen LogP contribution in [-0.2, 0) is 23.4 Å². The van der Waals surface area contributed by atoms with Gasteiger partial charge in [-0.25, -0.2) is 4.79 Å². The molecule has 33 heavy (non-hydrogen) atoms. The Morgan fingerprint density at radius 1 is 1.21 bits per heavy atom. The van der Waals surface area contributed by atoms with Crippen molar-refractivity contribution >= 4 is 25.2 Å². The van der Waals surface area contributed by atoms with Gasteiger partial charge in [-0.1, -0.05) is 18.6 Å². The SMILES string of the molecule is COC(=O)C1=C(C)NC(C)=C(P(=O)(O)OCCCCCC(=O)O)C1c1cccc([N+](=O)[O-])c1. The number of nitrogens with zero attached hydrogens (tertiary/aromatic N) is 1. The van der Waals surface area contributed by atoms with Crippen LogP contribution in [0.25, 0.3) is 0 Å². The molecule has 1 aliphatic heterocycles. The van der Waals surface area contributed by atoms with E-state index in [4.69, 9.17) is 14.4 Å². The van der Waals surface area contributed by atoms with E-state index in [1.807, 2.05) is 0 Å². The highest BCUT2D eigenvalue weighted by Gasteiger charge is 2.43. The number of unbranched alkanes of at least 4 members (excludes halogenated alkanes) is 2. The van der Waals surface area contributed by atoms with E-state index in [-0.39, 0.29) is 40.9 Å². The Labute approximate surface area is 190 Å². The smallest absolute Gasteiger partial charge is 0.357 e. The van der Waals surface area contributed by atoms with Gasteiger partial charge < -0.3 is 24.6 Å². The number of allylic oxidation sites excluding steroid dienone is 3. The van der Waals surface area contributed by atoms with Gasteiger partial charge >= 0.3 is 19.5 Å². The maximum atomic E-state index is 13.3. The number of hydrogen-bond donors (Lipinski definition) is 3. The van der Waals surface area contributed by atoms with E-state index >= 15 is 0 Å². The summed E-state index contributed by atoms with van der Waals surface area (Å²) in [4.78, 5) is 44.8. The fourth-order valence-electron chi connectivity index (χ4n) is 3.69. The van der Waals surface area contributed by atoms with Crippen molar-refractivity contribution in [3.05, 3.63) is 62.2 Å². The molecule has 0 aliphatic carbocycles. The van der Waals surface area contributed by atoms with Gasteiger partial charge in [-0.05, 0) is 32.3 Å². The van der Waals surface area contributed by atoms with Crippen LogP contribution in [0.15, 0.2) is 46.5 Å². The molecule has 1 heterocycles. The van der Waals surface area contributed by atoms with E-state index in [2.05, 4.69) is 5.32 Å². The number of carboxylic acids is 1. The topological polar surface area (TPSA) is 165 Å². The molecule has 0 radical (unpaired) electrons. The third kappa shape index (κ3) is 6.50. The molecule has 0 spiro atoms. The van der Waals surface area contributed by atoms with Crippen molar-refractivity contribution in [1.29, 1.82) is 0 Å². The van der Waals surface area contributed by atoms with Crippen molar-refractivity contribution in [2.75, 3.05) is 13.7 Å². The largest absolute Gasteiger partial charge is 0.481 e. The highest BCUT2D eigenvalue weighted by atomic mass is 31.2. The number of benzene rings is 1. The predicted octanol–water partition coefficient (Wildman–Crippen LogP) is 3.81. The number of nitro groups is 1. The van der Waals surface area contributed by atoms with Gasteiger partial charge in [0.2, 0.25) is 0 Å². The molecule has 0 bridgehead atoms. The second kappa shape index (κ2) is 11.2. The molecule has 1 aromatic rings. The van der Waals surface area contributed by atoms with Gasteiger partial charge in [0.25, 0.3) is 5.69 Å². The van der Waals surface area contributed by atoms with E-state index in [1.165, 1.54) is 31.4 Å². The molecule has 2 rings (SSSR count). The summed E-state index contributed by atoms with van der Waals surface area (Å²) in [6.45, 7) is 3.04. The molecule has 1 aliphatic rings. The first-order chi connectivity index (χ1) is 15.5. The Kier molecular flexibility index (Phi) is 8.92. The highest BCUT2D eigenvalue weighted by molar-refractivity contribution is 7.57. The zero-order valence-electron chi connectivity index (χ0n) is 18.6. The summed E-state index contributed by atoms with van der Waals surface area (Å²) < 4.78 is 23.5. The number of carbonyl (C=O) groups excluding carboxylic acids is 1. The number of carboxylic acid groups (broad SMARTS) is 1. The molecule has 0 saturated carbocycles. The number of dihydropyridines is 1. The minimum Gasteiger partial charge on any atom is -0.481 e. The highest BCUT2D eigenvalue weighted by Crippen LogP contribution is 2.60. The van der Waals surface area contributed by atoms with Gasteiger partial charge in [0.15, 0.2) is 0 Å². The van der Waals surface area contributed by atoms with Crippen molar-refractivity contribution in [2.24, 2.45) is 0 Å². The molecule has 180 valence electrons. The Morgan fingerprint density at radius 2 is 1.91 bits per heavy atom. The van der Waals surface area contributed by atoms with Crippen LogP contribution in [0.5, 0.6) is 0 Å². The van der Waals surface area contributed by atoms with Crippen LogP contribution in [0.3, 0.4) is 0 Å². The maximum absolute atomic E-state index is 13.3. The van der Waals surface area contributed by atoms with Gasteiger partial charge in [-0.2, -0.15) is 0 Å². The van der Waals surface area contributed by atoms with Gasteiger partial charge in [0.05, 0.1) is 35.4 Å². The lowest BCUT2D eigenvalue weighted by atomic mass is 9.86. The second-order valence-corrected chi connectivity index (χ2v) is 9.29. The van der Waals surface area contributed by atoms with E-state index in [1.54, 1.807) is 13.8 Å².